The lowest BCUT2D eigenvalue weighted by atomic mass is 9.92. The molecular formula is C69H129N8O41P5. The molecule has 0 saturated carbocycles. The molecule has 17 unspecified atom stereocenters. The molecule has 18 N–H and O–H groups in total. The molecule has 22 atom stereocenters. The number of nitrogens with one attached hydrogen (secondary N) is 3. The zero-order valence-corrected chi connectivity index (χ0v) is 74.7. The molecule has 3 amide bonds. The molecule has 3 fully saturated rings. The fourth-order valence-electron chi connectivity index (χ4n) is 12.4. The number of unbranched alkanes of at least 4 members (excludes halogenated alkanes) is 9. The van der Waals surface area contributed by atoms with E-state index in [9.17, 15) is 103 Å². The minimum Gasteiger partial charge on any atom is -0.394 e. The van der Waals surface area contributed by atoms with Crippen molar-refractivity contribution in [3.63, 3.8) is 0 Å². The molecule has 5 rings (SSSR count). The fourth-order valence-corrected chi connectivity index (χ4v) is 16.9. The van der Waals surface area contributed by atoms with Crippen LogP contribution >= 0.6 is 39.1 Å². The highest BCUT2D eigenvalue weighted by atomic mass is 31.2. The monoisotopic (exact) mass is 1880 g/mol. The van der Waals surface area contributed by atoms with E-state index < -0.39 is 232 Å². The van der Waals surface area contributed by atoms with Crippen molar-refractivity contribution in [3.05, 3.63) is 12.7 Å². The molecule has 0 radical (unpaired) electrons. The molecule has 123 heavy (non-hydrogen) atoms. The number of imidazole rings is 1. The van der Waals surface area contributed by atoms with Crippen LogP contribution < -0.4 is 21.7 Å². The van der Waals surface area contributed by atoms with Crippen molar-refractivity contribution in [2.45, 2.75) is 255 Å². The van der Waals surface area contributed by atoms with Crippen LogP contribution in [0.3, 0.4) is 0 Å². The van der Waals surface area contributed by atoms with E-state index in [4.69, 9.17) is 98.3 Å². The van der Waals surface area contributed by atoms with Crippen LogP contribution in [0, 0.1) is 5.41 Å². The second-order valence-corrected chi connectivity index (χ2v) is 37.1. The Morgan fingerprint density at radius 1 is 0.577 bits per heavy atom. The number of hydrogen-bond donors (Lipinski definition) is 17. The van der Waals surface area contributed by atoms with Gasteiger partial charge in [-0.1, -0.05) is 38.5 Å². The van der Waals surface area contributed by atoms with Crippen LogP contribution in [-0.2, 0) is 130 Å². The number of fused-ring (bicyclic) bond motifs is 1. The topological polar surface area (TPSA) is 690 Å². The van der Waals surface area contributed by atoms with E-state index in [1.54, 1.807) is 0 Å². The molecule has 0 aromatic carbocycles. The minimum atomic E-state index is -5.34. The van der Waals surface area contributed by atoms with Crippen LogP contribution in [0.5, 0.6) is 0 Å². The number of phosphoric ester groups is 5. The lowest BCUT2D eigenvalue weighted by Crippen LogP contribution is -2.64. The smallest absolute Gasteiger partial charge is 0.394 e. The predicted octanol–water partition coefficient (Wildman–Crippen LogP) is 1.53. The van der Waals surface area contributed by atoms with Gasteiger partial charge in [0.15, 0.2) is 30.3 Å². The Morgan fingerprint density at radius 2 is 1.05 bits per heavy atom. The van der Waals surface area contributed by atoms with E-state index in [1.165, 1.54) is 58.8 Å². The van der Waals surface area contributed by atoms with Gasteiger partial charge in [-0.2, -0.15) is 0 Å². The molecular weight excluding hydrogens is 1750 g/mol. The summed E-state index contributed by atoms with van der Waals surface area (Å²) in [4.78, 5) is 102. The molecule has 0 spiro atoms. The van der Waals surface area contributed by atoms with Gasteiger partial charge in [-0.15, -0.1) is 0 Å². The quantitative estimate of drug-likeness (QED) is 0.0254. The van der Waals surface area contributed by atoms with E-state index in [0.717, 1.165) is 6.92 Å². The molecule has 0 bridgehead atoms. The number of aromatic nitrogens is 4. The van der Waals surface area contributed by atoms with Crippen molar-refractivity contribution < 1.29 is 195 Å². The second-order valence-electron chi connectivity index (χ2n) is 29.9. The van der Waals surface area contributed by atoms with Crippen LogP contribution in [0.1, 0.15) is 157 Å². The summed E-state index contributed by atoms with van der Waals surface area (Å²) in [5.41, 5.74) is 2.92. The van der Waals surface area contributed by atoms with E-state index in [-0.39, 0.29) is 115 Å². The number of nitrogens with two attached hydrogens (primary N) is 1. The number of ether oxygens (including phenoxy) is 10. The SMILES string of the molecule is CC(=O)NC1C(OCCCCCCOP(=O)(O)OCCCOCC(COCCCOP(=O)(O)OCCCCCCOC2OC(CO)C(O)C(O)C2NC(C)=O)(COCCCOP(=O)(O)OCCCCCCOC(OC(CO)[C@@H](C)O)[C@H](O)NC(C)=O)COP(=O)(O)OC[C@H]2O[C@@H](n3cnc4c(N)ncnc43)C[C@]2(C)OP(=O)(O)OC(C)C)OCC(O)C1O. The molecule has 5 heterocycles. The zero-order chi connectivity index (χ0) is 91.0. The van der Waals surface area contributed by atoms with Gasteiger partial charge in [0.05, 0.1) is 116 Å². The summed E-state index contributed by atoms with van der Waals surface area (Å²) in [6.07, 6.45) is -10.3. The Bertz CT molecular complexity index is 3630. The third-order valence-corrected chi connectivity index (χ3v) is 23.9. The Hall–Kier alpha value is -3.41. The number of amides is 3. The van der Waals surface area contributed by atoms with Gasteiger partial charge in [0.25, 0.3) is 0 Å². The first-order chi connectivity index (χ1) is 58.0. The van der Waals surface area contributed by atoms with Crippen LogP contribution in [-0.4, -0.2) is 332 Å². The summed E-state index contributed by atoms with van der Waals surface area (Å²) < 4.78 is 180. The van der Waals surface area contributed by atoms with Crippen LogP contribution in [0.2, 0.25) is 0 Å². The predicted molar refractivity (Wildman–Crippen MR) is 425 cm³/mol. The molecule has 49 nitrogen and oxygen atoms in total. The van der Waals surface area contributed by atoms with Gasteiger partial charge in [0.2, 0.25) is 24.0 Å². The van der Waals surface area contributed by atoms with Crippen LogP contribution in [0.4, 0.5) is 5.82 Å². The fraction of sp³-hybridized carbons (Fsp3) is 0.884. The van der Waals surface area contributed by atoms with E-state index in [1.807, 2.05) is 0 Å². The Morgan fingerprint density at radius 3 is 1.52 bits per heavy atom. The number of nitrogen functional groups attached to an aromatic ring is 1. The number of anilines is 1. The van der Waals surface area contributed by atoms with Gasteiger partial charge < -0.3 is 134 Å². The summed E-state index contributed by atoms with van der Waals surface area (Å²) in [7, 11) is -24.2. The standard InChI is InChI=1S/C69H129N8O41P5/c1-46(2)117-123(97,98)118-68(7)35-55(77-45-73-58-62(70)71-44-72-63(58)77)116-54(68)39-112-122(95,96)113-43-69(40-99-23-20-32-109-119(89,90)106-29-17-11-8-14-26-102-65-56(74-48(4)81)59(85)51(84)38-105-65,42-101-25-22-34-111-121(93,94)108-31-19-13-10-16-28-104-67(64(88)76-50(6)83)114-52(36-78)47(3)80)41-100-24-21-33-110-120(91,92)107-30-18-12-9-15-27-103-66-57(75-49(5)82)61(87)60(86)53(37-79)115-66/h44-47,51-57,59-61,64-67,78-80,84-88H,8-43H2,1-7H3,(H,74,81)(H,75,82)(H,76,83)(H,89,90)(H,91,92)(H,93,94)(H,95,96)(H,97,98)(H2,70,71,72)/t47-,51?,52?,53?,54-,55-,56?,57?,59?,60?,61?,64+,65?,66?,67?,68+,69?/m1/s1. The van der Waals surface area contributed by atoms with Crippen molar-refractivity contribution in [2.75, 3.05) is 138 Å². The van der Waals surface area contributed by atoms with Crippen molar-refractivity contribution in [1.82, 2.24) is 35.5 Å². The highest BCUT2D eigenvalue weighted by molar-refractivity contribution is 7.48. The average Bonchev–Trinajstić information content (AvgIpc) is 1.61. The van der Waals surface area contributed by atoms with Gasteiger partial charge in [-0.25, -0.2) is 37.8 Å². The number of aliphatic hydroxyl groups excluding tert-OH is 8. The summed E-state index contributed by atoms with van der Waals surface area (Å²) in [6, 6.07) is -2.13. The molecule has 2 aromatic heterocycles. The number of aliphatic hydroxyl groups is 8. The summed E-state index contributed by atoms with van der Waals surface area (Å²) in [6.45, 7) is 2.41. The van der Waals surface area contributed by atoms with Crippen molar-refractivity contribution >= 4 is 73.8 Å². The van der Waals surface area contributed by atoms with Gasteiger partial charge in [-0.05, 0) is 85.5 Å². The van der Waals surface area contributed by atoms with Gasteiger partial charge in [-0.3, -0.25) is 64.2 Å². The first-order valence-electron chi connectivity index (χ1n) is 40.4. The van der Waals surface area contributed by atoms with E-state index >= 15 is 0 Å². The second kappa shape index (κ2) is 55.7. The van der Waals surface area contributed by atoms with E-state index in [2.05, 4.69) is 30.9 Å². The number of carbonyl (C=O) groups excluding carboxylic acids is 3. The third-order valence-electron chi connectivity index (χ3n) is 18.6. The average molecular weight is 1880 g/mol. The lowest BCUT2D eigenvalue weighted by Gasteiger charge is -2.42. The maximum Gasteiger partial charge on any atom is 0.473 e. The summed E-state index contributed by atoms with van der Waals surface area (Å²) in [5.74, 6) is -1.56. The van der Waals surface area contributed by atoms with Crippen LogP contribution in [0.15, 0.2) is 12.7 Å². The highest BCUT2D eigenvalue weighted by Crippen LogP contribution is 2.56. The van der Waals surface area contributed by atoms with Gasteiger partial charge in [0, 0.05) is 66.8 Å². The lowest BCUT2D eigenvalue weighted by molar-refractivity contribution is -0.270. The summed E-state index contributed by atoms with van der Waals surface area (Å²) in [5, 5.41) is 87.9. The van der Waals surface area contributed by atoms with Crippen molar-refractivity contribution in [1.29, 1.82) is 0 Å². The normalized spacial score (nSPS) is 26.0. The maximum atomic E-state index is 14.3. The summed E-state index contributed by atoms with van der Waals surface area (Å²) >= 11 is 0. The number of carbonyl (C=O) groups is 3. The molecule has 54 heteroatoms. The van der Waals surface area contributed by atoms with Crippen molar-refractivity contribution in [2.24, 2.45) is 5.41 Å². The Kier molecular flexibility index (Phi) is 49.9. The molecule has 2 aromatic rings. The Labute approximate surface area is 712 Å². The zero-order valence-electron chi connectivity index (χ0n) is 70.2. The molecule has 3 aliphatic heterocycles. The first kappa shape index (κ1) is 110. The molecule has 716 valence electrons. The third kappa shape index (κ3) is 41.7. The van der Waals surface area contributed by atoms with Gasteiger partial charge >= 0.3 is 39.1 Å². The number of rotatable bonds is 68. The number of nitrogens with zero attached hydrogens (tertiary/aromatic N) is 4. The molecule has 3 saturated heterocycles. The Balaban J connectivity index is 1.24. The number of phosphoric acid groups is 5. The van der Waals surface area contributed by atoms with Crippen LogP contribution in [0.25, 0.3) is 11.2 Å². The maximum absolute atomic E-state index is 14.3. The van der Waals surface area contributed by atoms with Crippen molar-refractivity contribution in [3.8, 4) is 0 Å². The highest BCUT2D eigenvalue weighted by Gasteiger charge is 2.53. The van der Waals surface area contributed by atoms with E-state index in [0.29, 0.717) is 70.6 Å². The largest absolute Gasteiger partial charge is 0.473 e. The number of hydrogen-bond acceptors (Lipinski definition) is 40. The minimum absolute atomic E-state index is 0.00495. The first-order valence-corrected chi connectivity index (χ1v) is 47.9. The molecule has 0 aliphatic carbocycles. The molecule has 3 aliphatic rings. The van der Waals surface area contributed by atoms with Gasteiger partial charge in [0.1, 0.15) is 78.5 Å².